The van der Waals surface area contributed by atoms with E-state index in [4.69, 9.17) is 5.11 Å². The Morgan fingerprint density at radius 1 is 0.644 bits per heavy atom. The predicted octanol–water partition coefficient (Wildman–Crippen LogP) is 3.88. The van der Waals surface area contributed by atoms with Gasteiger partial charge in [-0.05, 0) is 58.7 Å². The van der Waals surface area contributed by atoms with Gasteiger partial charge in [0.25, 0.3) is 17.7 Å². The van der Waals surface area contributed by atoms with E-state index in [1.807, 2.05) is 60.7 Å². The van der Waals surface area contributed by atoms with Gasteiger partial charge >= 0.3 is 5.97 Å². The van der Waals surface area contributed by atoms with Gasteiger partial charge < -0.3 is 10.4 Å². The fourth-order valence-electron chi connectivity index (χ4n) is 5.20. The fourth-order valence-corrected chi connectivity index (χ4v) is 5.20. The van der Waals surface area contributed by atoms with Gasteiger partial charge in [0.15, 0.2) is 0 Å². The number of nitrogens with one attached hydrogen (secondary N) is 1. The van der Waals surface area contributed by atoms with E-state index in [1.54, 1.807) is 25.2 Å². The maximum Gasteiger partial charge on any atom is 0.335 e. The normalized spacial score (nSPS) is 13.8. The van der Waals surface area contributed by atoms with Crippen LogP contribution in [0.3, 0.4) is 0 Å². The van der Waals surface area contributed by atoms with Crippen molar-refractivity contribution in [1.82, 2.24) is 15.1 Å². The van der Waals surface area contributed by atoms with E-state index in [-0.39, 0.29) is 61.0 Å². The fraction of sp³-hybridized carbons (Fsp3) is 0.143. The molecule has 2 heterocycles. The first-order valence-corrected chi connectivity index (χ1v) is 14.1. The topological polar surface area (TPSA) is 141 Å². The summed E-state index contributed by atoms with van der Waals surface area (Å²) in [6.07, 6.45) is 0.160. The molecular formula is C35H29N3O7. The lowest BCUT2D eigenvalue weighted by Crippen LogP contribution is -2.41. The van der Waals surface area contributed by atoms with Crippen LogP contribution in [-0.4, -0.2) is 57.5 Å². The monoisotopic (exact) mass is 603 g/mol. The van der Waals surface area contributed by atoms with Crippen molar-refractivity contribution in [3.63, 3.8) is 0 Å². The van der Waals surface area contributed by atoms with Crippen LogP contribution < -0.4 is 5.32 Å². The number of carboxylic acid groups (broad SMARTS) is 1. The smallest absolute Gasteiger partial charge is 0.335 e. The van der Waals surface area contributed by atoms with Crippen molar-refractivity contribution in [1.29, 1.82) is 0 Å². The van der Waals surface area contributed by atoms with Crippen molar-refractivity contribution in [2.45, 2.75) is 25.9 Å². The van der Waals surface area contributed by atoms with E-state index in [2.05, 4.69) is 5.32 Å². The zero-order valence-electron chi connectivity index (χ0n) is 24.4. The minimum atomic E-state index is -1.07. The number of amides is 5. The Labute approximate surface area is 258 Å². The van der Waals surface area contributed by atoms with Crippen LogP contribution in [0.15, 0.2) is 97.1 Å². The van der Waals surface area contributed by atoms with Crippen LogP contribution in [0.25, 0.3) is 0 Å². The third kappa shape index (κ3) is 6.70. The van der Waals surface area contributed by atoms with Crippen LogP contribution in [0.4, 0.5) is 0 Å². The number of hydrogen-bond donors (Lipinski definition) is 2. The van der Waals surface area contributed by atoms with Crippen LogP contribution in [0.1, 0.15) is 63.7 Å². The second-order valence-corrected chi connectivity index (χ2v) is 10.5. The number of carbonyl (C=O) groups is 6. The Balaban J connectivity index is 0.000000178. The first-order valence-electron chi connectivity index (χ1n) is 14.1. The molecule has 0 aromatic heterocycles. The molecule has 10 nitrogen and oxygen atoms in total. The number of fused-ring (bicyclic) bond motifs is 2. The molecule has 0 radical (unpaired) electrons. The summed E-state index contributed by atoms with van der Waals surface area (Å²) < 4.78 is 0. The van der Waals surface area contributed by atoms with Gasteiger partial charge in [0.2, 0.25) is 11.8 Å². The maximum atomic E-state index is 12.6. The Hall–Kier alpha value is -5.90. The van der Waals surface area contributed by atoms with Crippen LogP contribution in [-0.2, 0) is 35.5 Å². The molecule has 0 atom stereocenters. The number of carbonyl (C=O) groups excluding carboxylic acids is 5. The Morgan fingerprint density at radius 2 is 1.07 bits per heavy atom. The molecule has 0 spiro atoms. The van der Waals surface area contributed by atoms with Gasteiger partial charge in [0, 0.05) is 23.7 Å². The predicted molar refractivity (Wildman–Crippen MR) is 163 cm³/mol. The van der Waals surface area contributed by atoms with Gasteiger partial charge in [0.05, 0.1) is 31.5 Å². The third-order valence-electron chi connectivity index (χ3n) is 7.55. The highest BCUT2D eigenvalue weighted by Gasteiger charge is 2.32. The second kappa shape index (κ2) is 13.2. The molecule has 2 N–H and O–H groups in total. The van der Waals surface area contributed by atoms with Crippen LogP contribution >= 0.6 is 0 Å². The van der Waals surface area contributed by atoms with E-state index in [9.17, 15) is 28.8 Å². The average molecular weight is 604 g/mol. The zero-order chi connectivity index (χ0) is 32.1. The highest BCUT2D eigenvalue weighted by molar-refractivity contribution is 6.11. The van der Waals surface area contributed by atoms with Crippen LogP contribution in [0.5, 0.6) is 0 Å². The van der Waals surface area contributed by atoms with E-state index < -0.39 is 5.97 Å². The van der Waals surface area contributed by atoms with Gasteiger partial charge in [-0.25, -0.2) is 4.79 Å². The molecule has 0 bridgehead atoms. The third-order valence-corrected chi connectivity index (χ3v) is 7.55. The van der Waals surface area contributed by atoms with Gasteiger partial charge in [-0.1, -0.05) is 60.7 Å². The van der Waals surface area contributed by atoms with Crippen molar-refractivity contribution < 1.29 is 33.9 Å². The molecule has 2 aliphatic heterocycles. The summed E-state index contributed by atoms with van der Waals surface area (Å²) in [5.41, 5.74) is 4.24. The van der Waals surface area contributed by atoms with Crippen LogP contribution in [0.2, 0.25) is 0 Å². The molecule has 2 aliphatic rings. The molecule has 5 amide bonds. The summed E-state index contributed by atoms with van der Waals surface area (Å²) in [5.74, 6) is -2.58. The molecule has 0 aliphatic carbocycles. The Morgan fingerprint density at radius 3 is 1.49 bits per heavy atom. The summed E-state index contributed by atoms with van der Waals surface area (Å²) in [5, 5.41) is 11.5. The first-order chi connectivity index (χ1) is 21.7. The number of rotatable bonds is 6. The minimum Gasteiger partial charge on any atom is -0.478 e. The molecule has 10 heteroatoms. The summed E-state index contributed by atoms with van der Waals surface area (Å²) in [7, 11) is 1.54. The van der Waals surface area contributed by atoms with Gasteiger partial charge in [0.1, 0.15) is 0 Å². The number of aromatic carboxylic acids is 1. The number of nitrogens with zero attached hydrogens (tertiary/aromatic N) is 2. The van der Waals surface area contributed by atoms with Gasteiger partial charge in [-0.3, -0.25) is 33.8 Å². The summed E-state index contributed by atoms with van der Waals surface area (Å²) in [6, 6.07) is 27.8. The lowest BCUT2D eigenvalue weighted by atomic mass is 9.95. The molecule has 6 rings (SSSR count). The lowest BCUT2D eigenvalue weighted by molar-refractivity contribution is -0.129. The van der Waals surface area contributed by atoms with Gasteiger partial charge in [-0.15, -0.1) is 0 Å². The summed E-state index contributed by atoms with van der Waals surface area (Å²) >= 11 is 0. The highest BCUT2D eigenvalue weighted by atomic mass is 16.4. The van der Waals surface area contributed by atoms with Crippen molar-refractivity contribution >= 4 is 35.5 Å². The molecule has 226 valence electrons. The SMILES string of the molecule is CNC(=O)c1ccc2c(c1)CC(=O)N(Cc1ccccc1)C2=O.O=C(O)c1ccc2c(c1)CC(=O)N(Cc1ccccc1)C2=O. The van der Waals surface area contributed by atoms with Crippen LogP contribution in [0, 0.1) is 0 Å². The number of benzene rings is 4. The molecule has 0 saturated carbocycles. The van der Waals surface area contributed by atoms with E-state index >= 15 is 0 Å². The van der Waals surface area contributed by atoms with Crippen molar-refractivity contribution in [2.24, 2.45) is 0 Å². The summed E-state index contributed by atoms with van der Waals surface area (Å²) in [4.78, 5) is 74.7. The largest absolute Gasteiger partial charge is 0.478 e. The Kier molecular flexibility index (Phi) is 8.94. The molecule has 45 heavy (non-hydrogen) atoms. The Bertz CT molecular complexity index is 1820. The molecule has 4 aromatic carbocycles. The lowest BCUT2D eigenvalue weighted by Gasteiger charge is -2.27. The molecule has 0 unspecified atom stereocenters. The molecule has 4 aromatic rings. The van der Waals surface area contributed by atoms with E-state index in [1.165, 1.54) is 28.0 Å². The van der Waals surface area contributed by atoms with Gasteiger partial charge in [-0.2, -0.15) is 0 Å². The quantitative estimate of drug-likeness (QED) is 0.319. The van der Waals surface area contributed by atoms with Crippen molar-refractivity contribution in [3.8, 4) is 0 Å². The number of imide groups is 2. The van der Waals surface area contributed by atoms with Crippen molar-refractivity contribution in [2.75, 3.05) is 7.05 Å². The number of carboxylic acids is 1. The maximum absolute atomic E-state index is 12.6. The number of hydrogen-bond acceptors (Lipinski definition) is 6. The highest BCUT2D eigenvalue weighted by Crippen LogP contribution is 2.24. The second-order valence-electron chi connectivity index (χ2n) is 10.5. The molecule has 0 saturated heterocycles. The summed E-state index contributed by atoms with van der Waals surface area (Å²) in [6.45, 7) is 0.480. The van der Waals surface area contributed by atoms with Crippen molar-refractivity contribution in [3.05, 3.63) is 142 Å². The molecular weight excluding hydrogens is 574 g/mol. The average Bonchev–Trinajstić information content (AvgIpc) is 3.05. The van der Waals surface area contributed by atoms with E-state index in [0.29, 0.717) is 27.8 Å². The standard InChI is InChI=1S/C18H16N2O3.C17H13NO4/c1-19-17(22)13-7-8-15-14(9-13)10-16(21)20(18(15)23)11-12-5-3-2-4-6-12;19-15-9-13-8-12(17(21)22)6-7-14(13)16(20)18(15)10-11-4-2-1-3-5-11/h2-9H,10-11H2,1H3,(H,19,22);1-8H,9-10H2,(H,21,22). The minimum absolute atomic E-state index is 0.0367. The van der Waals surface area contributed by atoms with E-state index in [0.717, 1.165) is 11.1 Å². The zero-order valence-corrected chi connectivity index (χ0v) is 24.4. The molecule has 0 fully saturated rings. The first kappa shape index (κ1) is 30.6.